The zero-order valence-corrected chi connectivity index (χ0v) is 17.6. The number of hydrogen-bond acceptors (Lipinski definition) is 0. The van der Waals surface area contributed by atoms with Crippen LogP contribution < -0.4 is 39.9 Å². The van der Waals surface area contributed by atoms with Crippen molar-refractivity contribution in [1.82, 2.24) is 0 Å². The van der Waals surface area contributed by atoms with Gasteiger partial charge < -0.3 is 24.0 Å². The van der Waals surface area contributed by atoms with Crippen LogP contribution >= 0.6 is 7.26 Å². The zero-order chi connectivity index (χ0) is 16.7. The lowest BCUT2D eigenvalue weighted by Crippen LogP contribution is -3.00. The highest BCUT2D eigenvalue weighted by Gasteiger charge is 2.44. The largest absolute Gasteiger partial charge is 1.00 e. The standard InChI is InChI=1S/C23H24P.HI/c1-2-3-13-20-24(21-14-7-4-8-15-21,22-16-9-5-10-17-22)23-18-11-6-12-19-23;/h2-12,14-19H,13,20H2,1H3;1H/q+1;/p-1/b3-2-;. The normalized spacial score (nSPS) is 11.2. The van der Waals surface area contributed by atoms with Crippen LogP contribution in [0.1, 0.15) is 13.3 Å². The Balaban J connectivity index is 0.00000225. The molecule has 3 rings (SSSR count). The molecule has 0 N–H and O–H groups in total. The van der Waals surface area contributed by atoms with Gasteiger partial charge in [0.25, 0.3) is 0 Å². The maximum Gasteiger partial charge on any atom is 0.112 e. The number of halogens is 1. The molecule has 0 bridgehead atoms. The fourth-order valence-corrected chi connectivity index (χ4v) is 7.57. The topological polar surface area (TPSA) is 0 Å². The zero-order valence-electron chi connectivity index (χ0n) is 14.6. The first kappa shape index (κ1) is 19.9. The van der Waals surface area contributed by atoms with E-state index in [1.54, 1.807) is 0 Å². The molecule has 0 unspecified atom stereocenters. The number of allylic oxidation sites excluding steroid dienone is 2. The smallest absolute Gasteiger partial charge is 0.112 e. The summed E-state index contributed by atoms with van der Waals surface area (Å²) in [6.45, 7) is 2.10. The Hall–Kier alpha value is -1.44. The van der Waals surface area contributed by atoms with Crippen molar-refractivity contribution in [3.63, 3.8) is 0 Å². The number of rotatable bonds is 6. The van der Waals surface area contributed by atoms with Crippen molar-refractivity contribution in [2.75, 3.05) is 6.16 Å². The highest BCUT2D eigenvalue weighted by Crippen LogP contribution is 2.55. The molecule has 2 heteroatoms. The van der Waals surface area contributed by atoms with Gasteiger partial charge in [0.15, 0.2) is 0 Å². The molecule has 0 amide bonds. The van der Waals surface area contributed by atoms with Crippen LogP contribution in [0.4, 0.5) is 0 Å². The highest BCUT2D eigenvalue weighted by molar-refractivity contribution is 7.95. The molecule has 0 nitrogen and oxygen atoms in total. The maximum atomic E-state index is 2.31. The summed E-state index contributed by atoms with van der Waals surface area (Å²) in [5, 5.41) is 4.39. The van der Waals surface area contributed by atoms with Crippen LogP contribution in [0.2, 0.25) is 0 Å². The van der Waals surface area contributed by atoms with Gasteiger partial charge in [0.05, 0.1) is 6.16 Å². The van der Waals surface area contributed by atoms with Gasteiger partial charge in [-0.1, -0.05) is 66.7 Å². The lowest BCUT2D eigenvalue weighted by Gasteiger charge is -2.27. The summed E-state index contributed by atoms with van der Waals surface area (Å²) in [5.41, 5.74) is 0. The molecule has 0 aliphatic heterocycles. The van der Waals surface area contributed by atoms with E-state index in [1.165, 1.54) is 15.9 Å². The van der Waals surface area contributed by atoms with Crippen LogP contribution in [0, 0.1) is 0 Å². The highest BCUT2D eigenvalue weighted by atomic mass is 127. The fourth-order valence-electron chi connectivity index (χ4n) is 3.32. The Bertz CT molecular complexity index is 670. The van der Waals surface area contributed by atoms with Gasteiger partial charge in [-0.25, -0.2) is 0 Å². The molecular formula is C23H24IP. The fraction of sp³-hybridized carbons (Fsp3) is 0.130. The molecule has 0 aliphatic rings. The molecule has 0 fully saturated rings. The predicted molar refractivity (Wildman–Crippen MR) is 109 cm³/mol. The Labute approximate surface area is 169 Å². The van der Waals surface area contributed by atoms with Crippen LogP contribution in [0.15, 0.2) is 103 Å². The van der Waals surface area contributed by atoms with E-state index >= 15 is 0 Å². The van der Waals surface area contributed by atoms with Crippen molar-refractivity contribution >= 4 is 23.2 Å². The van der Waals surface area contributed by atoms with E-state index in [-0.39, 0.29) is 24.0 Å². The van der Waals surface area contributed by atoms with Crippen LogP contribution in [-0.2, 0) is 0 Å². The van der Waals surface area contributed by atoms with Crippen LogP contribution in [0.25, 0.3) is 0 Å². The molecule has 0 aromatic heterocycles. The van der Waals surface area contributed by atoms with Gasteiger partial charge in [0, 0.05) is 6.42 Å². The molecule has 0 aliphatic carbocycles. The van der Waals surface area contributed by atoms with Gasteiger partial charge >= 0.3 is 0 Å². The predicted octanol–water partition coefficient (Wildman–Crippen LogP) is 1.95. The summed E-state index contributed by atoms with van der Waals surface area (Å²) in [4.78, 5) is 0. The first-order valence-corrected chi connectivity index (χ1v) is 10.5. The summed E-state index contributed by atoms with van der Waals surface area (Å²) in [6, 6.07) is 33.2. The van der Waals surface area contributed by atoms with Crippen molar-refractivity contribution in [2.45, 2.75) is 13.3 Å². The monoisotopic (exact) mass is 458 g/mol. The number of hydrogen-bond donors (Lipinski definition) is 0. The van der Waals surface area contributed by atoms with Gasteiger partial charge in [-0.05, 0) is 43.3 Å². The van der Waals surface area contributed by atoms with E-state index in [1.807, 2.05) is 0 Å². The van der Waals surface area contributed by atoms with Gasteiger partial charge in [-0.3, -0.25) is 0 Å². The van der Waals surface area contributed by atoms with Crippen LogP contribution in [0.5, 0.6) is 0 Å². The SMILES string of the molecule is C/C=C\CC[P+](c1ccccc1)(c1ccccc1)c1ccccc1.[I-]. The van der Waals surface area contributed by atoms with Crippen molar-refractivity contribution in [3.05, 3.63) is 103 Å². The van der Waals surface area contributed by atoms with Crippen LogP contribution in [-0.4, -0.2) is 6.16 Å². The van der Waals surface area contributed by atoms with Gasteiger partial charge in [-0.2, -0.15) is 0 Å². The Morgan fingerprint density at radius 3 is 1.32 bits per heavy atom. The van der Waals surface area contributed by atoms with E-state index in [0.29, 0.717) is 0 Å². The molecule has 128 valence electrons. The minimum absolute atomic E-state index is 0. The third-order valence-electron chi connectivity index (χ3n) is 4.46. The second kappa shape index (κ2) is 9.89. The Kier molecular flexibility index (Phi) is 7.87. The number of benzene rings is 3. The lowest BCUT2D eigenvalue weighted by atomic mass is 10.3. The van der Waals surface area contributed by atoms with Gasteiger partial charge in [0.2, 0.25) is 0 Å². The summed E-state index contributed by atoms with van der Waals surface area (Å²) >= 11 is 0. The van der Waals surface area contributed by atoms with Crippen molar-refractivity contribution < 1.29 is 24.0 Å². The maximum absolute atomic E-state index is 2.31. The van der Waals surface area contributed by atoms with Crippen molar-refractivity contribution in [3.8, 4) is 0 Å². The van der Waals surface area contributed by atoms with E-state index in [0.717, 1.165) is 12.6 Å². The molecule has 3 aromatic rings. The lowest BCUT2D eigenvalue weighted by molar-refractivity contribution is -0.00000471. The van der Waals surface area contributed by atoms with Gasteiger partial charge in [-0.15, -0.1) is 0 Å². The quantitative estimate of drug-likeness (QED) is 0.301. The Morgan fingerprint density at radius 2 is 1.00 bits per heavy atom. The molecule has 0 saturated heterocycles. The minimum atomic E-state index is -1.63. The Morgan fingerprint density at radius 1 is 0.640 bits per heavy atom. The third-order valence-corrected chi connectivity index (χ3v) is 8.93. The van der Waals surface area contributed by atoms with Crippen molar-refractivity contribution in [2.24, 2.45) is 0 Å². The summed E-state index contributed by atoms with van der Waals surface area (Å²) in [6.07, 6.45) is 6.72. The molecule has 0 atom stereocenters. The molecular weight excluding hydrogens is 434 g/mol. The second-order valence-corrected chi connectivity index (χ2v) is 9.51. The minimum Gasteiger partial charge on any atom is -1.00 e. The van der Waals surface area contributed by atoms with E-state index in [2.05, 4.69) is 110 Å². The van der Waals surface area contributed by atoms with E-state index in [4.69, 9.17) is 0 Å². The van der Waals surface area contributed by atoms with Gasteiger partial charge in [0.1, 0.15) is 23.2 Å². The average molecular weight is 458 g/mol. The van der Waals surface area contributed by atoms with Crippen LogP contribution in [0.3, 0.4) is 0 Å². The third kappa shape index (κ3) is 4.40. The average Bonchev–Trinajstić information content (AvgIpc) is 2.68. The van der Waals surface area contributed by atoms with E-state index in [9.17, 15) is 0 Å². The molecule has 25 heavy (non-hydrogen) atoms. The molecule has 0 spiro atoms. The summed E-state index contributed by atoms with van der Waals surface area (Å²) in [5.74, 6) is 0. The first-order chi connectivity index (χ1) is 11.9. The summed E-state index contributed by atoms with van der Waals surface area (Å²) in [7, 11) is -1.63. The van der Waals surface area contributed by atoms with E-state index < -0.39 is 7.26 Å². The molecule has 0 radical (unpaired) electrons. The first-order valence-electron chi connectivity index (χ1n) is 8.54. The summed E-state index contributed by atoms with van der Waals surface area (Å²) < 4.78 is 0. The molecule has 0 heterocycles. The molecule has 0 saturated carbocycles. The van der Waals surface area contributed by atoms with Crippen molar-refractivity contribution in [1.29, 1.82) is 0 Å². The second-order valence-electron chi connectivity index (χ2n) is 5.90. The molecule has 3 aromatic carbocycles.